The van der Waals surface area contributed by atoms with Gasteiger partial charge in [-0.05, 0) is 31.9 Å². The van der Waals surface area contributed by atoms with Gasteiger partial charge in [0.2, 0.25) is 0 Å². The monoisotopic (exact) mass is 341 g/mol. The molecule has 2 aromatic heterocycles. The van der Waals surface area contributed by atoms with Gasteiger partial charge in [0, 0.05) is 38.4 Å². The number of amides is 1. The van der Waals surface area contributed by atoms with E-state index in [1.807, 2.05) is 30.0 Å². The zero-order chi connectivity index (χ0) is 17.4. The Bertz CT molecular complexity index is 746. The fourth-order valence-electron chi connectivity index (χ4n) is 3.72. The average Bonchev–Trinajstić information content (AvgIpc) is 3.01. The van der Waals surface area contributed by atoms with Crippen LogP contribution in [0, 0.1) is 6.92 Å². The number of hydrogen-bond acceptors (Lipinski definition) is 5. The summed E-state index contributed by atoms with van der Waals surface area (Å²) < 4.78 is 1.71. The average molecular weight is 341 g/mol. The lowest BCUT2D eigenvalue weighted by Gasteiger charge is -2.45. The third kappa shape index (κ3) is 3.05. The number of β-amino-alcohol motifs (C(OH)–C–C–N with tert-alkyl or cyclic N) is 1. The second-order valence-electron chi connectivity index (χ2n) is 6.87. The van der Waals surface area contributed by atoms with Crippen LogP contribution in [0.3, 0.4) is 0 Å². The van der Waals surface area contributed by atoms with Crippen LogP contribution in [0.5, 0.6) is 0 Å². The third-order valence-corrected chi connectivity index (χ3v) is 5.27. The van der Waals surface area contributed by atoms with E-state index >= 15 is 0 Å². The number of rotatable bonds is 3. The maximum absolute atomic E-state index is 12.9. The van der Waals surface area contributed by atoms with Crippen molar-refractivity contribution >= 4 is 5.91 Å². The smallest absolute Gasteiger partial charge is 0.257 e. The fourth-order valence-corrected chi connectivity index (χ4v) is 3.72. The largest absolute Gasteiger partial charge is 0.390 e. The predicted molar refractivity (Wildman–Crippen MR) is 92.6 cm³/mol. The third-order valence-electron chi connectivity index (χ3n) is 5.27. The van der Waals surface area contributed by atoms with E-state index in [-0.39, 0.29) is 12.0 Å². The molecule has 132 valence electrons. The van der Waals surface area contributed by atoms with Gasteiger partial charge in [-0.25, -0.2) is 9.67 Å². The summed E-state index contributed by atoms with van der Waals surface area (Å²) in [5.74, 6) is 0.760. The van der Waals surface area contributed by atoms with E-state index in [0.29, 0.717) is 17.4 Å². The van der Waals surface area contributed by atoms with E-state index in [4.69, 9.17) is 0 Å². The molecule has 2 aromatic rings. The minimum atomic E-state index is -0.167. The lowest BCUT2D eigenvalue weighted by molar-refractivity contribution is -0.0381. The van der Waals surface area contributed by atoms with Crippen molar-refractivity contribution in [1.82, 2.24) is 24.6 Å². The normalized spacial score (nSPS) is 19.8. The Kier molecular flexibility index (Phi) is 4.27. The van der Waals surface area contributed by atoms with Crippen LogP contribution in [0.25, 0.3) is 5.82 Å². The van der Waals surface area contributed by atoms with Gasteiger partial charge in [0.1, 0.15) is 0 Å². The van der Waals surface area contributed by atoms with Crippen LogP contribution in [-0.2, 0) is 0 Å². The molecule has 0 aliphatic carbocycles. The number of pyridine rings is 1. The second-order valence-corrected chi connectivity index (χ2v) is 6.87. The molecule has 7 nitrogen and oxygen atoms in total. The number of carbonyl (C=O) groups excluding carboxylic acids is 1. The van der Waals surface area contributed by atoms with Gasteiger partial charge in [-0.1, -0.05) is 6.07 Å². The van der Waals surface area contributed by atoms with Gasteiger partial charge >= 0.3 is 0 Å². The Morgan fingerprint density at radius 2 is 2.00 bits per heavy atom. The molecule has 2 saturated heterocycles. The summed E-state index contributed by atoms with van der Waals surface area (Å²) in [7, 11) is 0. The van der Waals surface area contributed by atoms with E-state index in [9.17, 15) is 9.90 Å². The molecule has 1 N–H and O–H groups in total. The quantitative estimate of drug-likeness (QED) is 0.896. The first-order valence-electron chi connectivity index (χ1n) is 8.81. The van der Waals surface area contributed by atoms with Gasteiger partial charge in [-0.3, -0.25) is 9.69 Å². The first kappa shape index (κ1) is 16.2. The molecule has 0 atom stereocenters. The van der Waals surface area contributed by atoms with Crippen molar-refractivity contribution in [2.45, 2.75) is 31.9 Å². The van der Waals surface area contributed by atoms with Crippen molar-refractivity contribution in [3.63, 3.8) is 0 Å². The maximum Gasteiger partial charge on any atom is 0.257 e. The molecular formula is C18H23N5O2. The van der Waals surface area contributed by atoms with Crippen molar-refractivity contribution in [3.05, 3.63) is 41.9 Å². The predicted octanol–water partition coefficient (Wildman–Crippen LogP) is 0.857. The summed E-state index contributed by atoms with van der Waals surface area (Å²) in [6.07, 6.45) is 5.12. The van der Waals surface area contributed by atoms with E-state index in [0.717, 1.165) is 44.7 Å². The molecular weight excluding hydrogens is 318 g/mol. The molecule has 2 aliphatic heterocycles. The van der Waals surface area contributed by atoms with Gasteiger partial charge < -0.3 is 10.0 Å². The molecule has 0 unspecified atom stereocenters. The van der Waals surface area contributed by atoms with Gasteiger partial charge in [0.25, 0.3) is 5.91 Å². The second kappa shape index (κ2) is 6.57. The molecule has 0 saturated carbocycles. The number of carbonyl (C=O) groups is 1. The van der Waals surface area contributed by atoms with Gasteiger partial charge in [-0.15, -0.1) is 0 Å². The molecule has 1 amide bonds. The summed E-state index contributed by atoms with van der Waals surface area (Å²) in [5, 5.41) is 13.8. The first-order valence-corrected chi connectivity index (χ1v) is 8.81. The summed E-state index contributed by atoms with van der Waals surface area (Å²) >= 11 is 0. The molecule has 7 heteroatoms. The molecule has 2 aliphatic rings. The summed E-state index contributed by atoms with van der Waals surface area (Å²) in [6.45, 7) is 4.96. The van der Waals surface area contributed by atoms with E-state index in [1.54, 1.807) is 17.1 Å². The molecule has 4 heterocycles. The Labute approximate surface area is 146 Å². The number of hydrogen-bond donors (Lipinski definition) is 1. The Hall–Kier alpha value is -2.25. The van der Waals surface area contributed by atoms with Crippen molar-refractivity contribution in [3.8, 4) is 5.82 Å². The van der Waals surface area contributed by atoms with Crippen LogP contribution in [0.4, 0.5) is 0 Å². The zero-order valence-electron chi connectivity index (χ0n) is 14.4. The Balaban J connectivity index is 1.43. The standard InChI is InChI=1S/C18H23N5O2/c1-13-16(10-20-23(13)17-4-2-3-7-19-17)18(25)21-8-5-14(6-9-21)22-11-15(24)12-22/h2-4,7,10,14-15,24H,5-6,8-9,11-12H2,1H3. The lowest BCUT2D eigenvalue weighted by Crippen LogP contribution is -2.58. The topological polar surface area (TPSA) is 74.5 Å². The van der Waals surface area contributed by atoms with Gasteiger partial charge in [0.05, 0.1) is 23.6 Å². The highest BCUT2D eigenvalue weighted by atomic mass is 16.3. The zero-order valence-corrected chi connectivity index (χ0v) is 14.4. The van der Waals surface area contributed by atoms with Crippen molar-refractivity contribution in [2.75, 3.05) is 26.2 Å². The SMILES string of the molecule is Cc1c(C(=O)N2CCC(N3CC(O)C3)CC2)cnn1-c1ccccn1. The van der Waals surface area contributed by atoms with Crippen LogP contribution < -0.4 is 0 Å². The van der Waals surface area contributed by atoms with Crippen molar-refractivity contribution < 1.29 is 9.90 Å². The van der Waals surface area contributed by atoms with Gasteiger partial charge in [-0.2, -0.15) is 5.10 Å². The Morgan fingerprint density at radius 3 is 2.64 bits per heavy atom. The van der Waals surface area contributed by atoms with E-state index in [2.05, 4.69) is 15.0 Å². The maximum atomic E-state index is 12.9. The van der Waals surface area contributed by atoms with Crippen molar-refractivity contribution in [2.24, 2.45) is 0 Å². The summed E-state index contributed by atoms with van der Waals surface area (Å²) in [4.78, 5) is 21.4. The highest BCUT2D eigenvalue weighted by molar-refractivity contribution is 5.95. The Morgan fingerprint density at radius 1 is 1.24 bits per heavy atom. The van der Waals surface area contributed by atoms with Crippen LogP contribution in [-0.4, -0.2) is 73.9 Å². The van der Waals surface area contributed by atoms with Gasteiger partial charge in [0.15, 0.2) is 5.82 Å². The summed E-state index contributed by atoms with van der Waals surface area (Å²) in [5.41, 5.74) is 1.46. The first-order chi connectivity index (χ1) is 12.1. The number of aromatic nitrogens is 3. The number of piperidine rings is 1. The minimum Gasteiger partial charge on any atom is -0.390 e. The number of aliphatic hydroxyl groups is 1. The molecule has 2 fully saturated rings. The number of likely N-dealkylation sites (tertiary alicyclic amines) is 2. The highest BCUT2D eigenvalue weighted by Gasteiger charge is 2.34. The molecule has 0 bridgehead atoms. The van der Waals surface area contributed by atoms with Crippen LogP contribution in [0.15, 0.2) is 30.6 Å². The van der Waals surface area contributed by atoms with Crippen molar-refractivity contribution in [1.29, 1.82) is 0 Å². The highest BCUT2D eigenvalue weighted by Crippen LogP contribution is 2.23. The van der Waals surface area contributed by atoms with Crippen LogP contribution >= 0.6 is 0 Å². The van der Waals surface area contributed by atoms with Crippen LogP contribution in [0.1, 0.15) is 28.9 Å². The molecule has 0 spiro atoms. The van der Waals surface area contributed by atoms with E-state index < -0.39 is 0 Å². The number of nitrogens with zero attached hydrogens (tertiary/aromatic N) is 5. The molecule has 0 radical (unpaired) electrons. The van der Waals surface area contributed by atoms with Crippen LogP contribution in [0.2, 0.25) is 0 Å². The molecule has 0 aromatic carbocycles. The fraction of sp³-hybridized carbons (Fsp3) is 0.500. The lowest BCUT2D eigenvalue weighted by atomic mass is 9.98. The van der Waals surface area contributed by atoms with E-state index in [1.165, 1.54) is 0 Å². The molecule has 25 heavy (non-hydrogen) atoms. The number of aliphatic hydroxyl groups excluding tert-OH is 1. The minimum absolute atomic E-state index is 0.0433. The molecule has 4 rings (SSSR count). The summed E-state index contributed by atoms with van der Waals surface area (Å²) in [6, 6.07) is 6.13.